The van der Waals surface area contributed by atoms with Crippen molar-refractivity contribution in [3.05, 3.63) is 93.4 Å². The van der Waals surface area contributed by atoms with Crippen molar-refractivity contribution in [1.82, 2.24) is 20.2 Å². The van der Waals surface area contributed by atoms with Gasteiger partial charge < -0.3 is 20.1 Å². The smallest absolute Gasteiger partial charge is 0.411 e. The van der Waals surface area contributed by atoms with E-state index in [4.69, 9.17) is 4.74 Å². The first-order valence-corrected chi connectivity index (χ1v) is 11.4. The number of esters is 1. The first kappa shape index (κ1) is 26.9. The van der Waals surface area contributed by atoms with E-state index in [1.165, 1.54) is 12.1 Å². The Kier molecular flexibility index (Phi) is 8.17. The number of rotatable bonds is 8. The highest BCUT2D eigenvalue weighted by Crippen LogP contribution is 2.23. The van der Waals surface area contributed by atoms with E-state index in [9.17, 15) is 31.9 Å². The van der Waals surface area contributed by atoms with Gasteiger partial charge in [0.2, 0.25) is 5.75 Å². The molecule has 38 heavy (non-hydrogen) atoms. The SMILES string of the molecule is O=C(NCc1ccc(F)cc1)c1nc2n(c(=O)c1OC(=O)C(F)(F)F)CCNC2COCc1ccccc1. The minimum Gasteiger partial charge on any atom is -0.411 e. The van der Waals surface area contributed by atoms with E-state index in [1.54, 1.807) is 0 Å². The van der Waals surface area contributed by atoms with Gasteiger partial charge in [0.25, 0.3) is 11.5 Å². The van der Waals surface area contributed by atoms with Crippen LogP contribution < -0.4 is 20.9 Å². The molecule has 0 spiro atoms. The summed E-state index contributed by atoms with van der Waals surface area (Å²) in [6.07, 6.45) is -5.41. The number of fused-ring (bicyclic) bond motifs is 1. The molecule has 9 nitrogen and oxygen atoms in total. The van der Waals surface area contributed by atoms with Crippen molar-refractivity contribution >= 4 is 11.9 Å². The topological polar surface area (TPSA) is 112 Å². The lowest BCUT2D eigenvalue weighted by Crippen LogP contribution is -2.44. The maximum atomic E-state index is 13.2. The number of hydrogen-bond acceptors (Lipinski definition) is 7. The summed E-state index contributed by atoms with van der Waals surface area (Å²) in [6, 6.07) is 13.7. The van der Waals surface area contributed by atoms with Gasteiger partial charge in [-0.15, -0.1) is 0 Å². The van der Waals surface area contributed by atoms with Crippen LogP contribution in [0.25, 0.3) is 0 Å². The Labute approximate surface area is 213 Å². The van der Waals surface area contributed by atoms with Gasteiger partial charge >= 0.3 is 12.1 Å². The number of carbonyl (C=O) groups excluding carboxylic acids is 2. The van der Waals surface area contributed by atoms with E-state index >= 15 is 0 Å². The van der Waals surface area contributed by atoms with Crippen molar-refractivity contribution in [2.24, 2.45) is 0 Å². The Hall–Kier alpha value is -4.10. The Morgan fingerprint density at radius 3 is 2.47 bits per heavy atom. The Morgan fingerprint density at radius 2 is 1.79 bits per heavy atom. The molecule has 0 saturated carbocycles. The first-order valence-electron chi connectivity index (χ1n) is 11.4. The molecular formula is C25H22F4N4O5. The van der Waals surface area contributed by atoms with Crippen molar-refractivity contribution in [3.63, 3.8) is 0 Å². The lowest BCUT2D eigenvalue weighted by Gasteiger charge is -2.28. The van der Waals surface area contributed by atoms with Crippen molar-refractivity contribution in [1.29, 1.82) is 0 Å². The molecule has 2 N–H and O–H groups in total. The summed E-state index contributed by atoms with van der Waals surface area (Å²) in [6.45, 7) is 0.365. The maximum absolute atomic E-state index is 13.2. The number of benzene rings is 2. The highest BCUT2D eigenvalue weighted by Gasteiger charge is 2.43. The van der Waals surface area contributed by atoms with Gasteiger partial charge in [-0.2, -0.15) is 13.2 Å². The molecule has 1 atom stereocenters. The van der Waals surface area contributed by atoms with Crippen molar-refractivity contribution in [3.8, 4) is 5.75 Å². The Morgan fingerprint density at radius 1 is 1.08 bits per heavy atom. The second-order valence-electron chi connectivity index (χ2n) is 8.31. The molecule has 1 aliphatic heterocycles. The van der Waals surface area contributed by atoms with Crippen LogP contribution in [0.2, 0.25) is 0 Å². The summed E-state index contributed by atoms with van der Waals surface area (Å²) in [4.78, 5) is 41.8. The first-order chi connectivity index (χ1) is 18.1. The van der Waals surface area contributed by atoms with Crippen LogP contribution >= 0.6 is 0 Å². The second-order valence-corrected chi connectivity index (χ2v) is 8.31. The zero-order valence-electron chi connectivity index (χ0n) is 19.8. The van der Waals surface area contributed by atoms with Gasteiger partial charge in [0.1, 0.15) is 11.6 Å². The van der Waals surface area contributed by atoms with Gasteiger partial charge in [-0.3, -0.25) is 14.2 Å². The van der Waals surface area contributed by atoms with E-state index in [0.29, 0.717) is 5.56 Å². The predicted octanol–water partition coefficient (Wildman–Crippen LogP) is 2.64. The molecule has 0 fully saturated rings. The lowest BCUT2D eigenvalue weighted by molar-refractivity contribution is -0.189. The summed E-state index contributed by atoms with van der Waals surface area (Å²) in [5.41, 5.74) is -0.548. The molecule has 1 amide bonds. The number of nitrogens with one attached hydrogen (secondary N) is 2. The van der Waals surface area contributed by atoms with E-state index in [2.05, 4.69) is 20.4 Å². The van der Waals surface area contributed by atoms with Crippen LogP contribution in [0.5, 0.6) is 5.75 Å². The van der Waals surface area contributed by atoms with Gasteiger partial charge in [0, 0.05) is 19.6 Å². The molecule has 1 aliphatic rings. The van der Waals surface area contributed by atoms with Crippen LogP contribution in [0.1, 0.15) is 33.5 Å². The molecule has 0 bridgehead atoms. The van der Waals surface area contributed by atoms with E-state index in [-0.39, 0.29) is 38.7 Å². The number of nitrogens with zero attached hydrogens (tertiary/aromatic N) is 2. The fourth-order valence-corrected chi connectivity index (χ4v) is 3.74. The number of amides is 1. The number of alkyl halides is 3. The molecule has 4 rings (SSSR count). The van der Waals surface area contributed by atoms with Crippen LogP contribution in [0, 0.1) is 5.82 Å². The Balaban J connectivity index is 1.63. The quantitative estimate of drug-likeness (QED) is 0.338. The van der Waals surface area contributed by atoms with Crippen LogP contribution in [-0.4, -0.2) is 40.8 Å². The van der Waals surface area contributed by atoms with Crippen molar-refractivity contribution in [2.45, 2.75) is 31.9 Å². The molecule has 3 aromatic rings. The number of halogens is 4. The highest BCUT2D eigenvalue weighted by atomic mass is 19.4. The summed E-state index contributed by atoms with van der Waals surface area (Å²) in [7, 11) is 0. The zero-order valence-corrected chi connectivity index (χ0v) is 19.8. The summed E-state index contributed by atoms with van der Waals surface area (Å²) in [5, 5.41) is 5.50. The third-order valence-corrected chi connectivity index (χ3v) is 5.60. The molecule has 13 heteroatoms. The van der Waals surface area contributed by atoms with Gasteiger partial charge in [-0.25, -0.2) is 14.2 Å². The monoisotopic (exact) mass is 534 g/mol. The fourth-order valence-electron chi connectivity index (χ4n) is 3.74. The molecule has 0 radical (unpaired) electrons. The summed E-state index contributed by atoms with van der Waals surface area (Å²) in [5.74, 6) is -5.33. The summed E-state index contributed by atoms with van der Waals surface area (Å²) >= 11 is 0. The number of ether oxygens (including phenoxy) is 2. The minimum atomic E-state index is -5.41. The average Bonchev–Trinajstić information content (AvgIpc) is 2.90. The molecule has 200 valence electrons. The standard InChI is InChI=1S/C25H22F4N4O5/c26-17-8-6-15(7-9-17)12-31-22(34)19-20(38-24(36)25(27,28)29)23(35)33-11-10-30-18(21(33)32-19)14-37-13-16-4-2-1-3-5-16/h1-9,18,30H,10-14H2,(H,31,34). The normalized spacial score (nSPS) is 15.0. The molecule has 0 aliphatic carbocycles. The van der Waals surface area contributed by atoms with E-state index < -0.39 is 46.9 Å². The molecule has 1 unspecified atom stereocenters. The maximum Gasteiger partial charge on any atom is 0.491 e. The van der Waals surface area contributed by atoms with E-state index in [0.717, 1.165) is 22.3 Å². The van der Waals surface area contributed by atoms with Gasteiger partial charge in [0.15, 0.2) is 5.69 Å². The zero-order chi connectivity index (χ0) is 27.3. The van der Waals surface area contributed by atoms with Crippen LogP contribution in [0.3, 0.4) is 0 Å². The van der Waals surface area contributed by atoms with Crippen molar-refractivity contribution in [2.75, 3.05) is 13.2 Å². The number of aromatic nitrogens is 2. The second kappa shape index (κ2) is 11.5. The fraction of sp³-hybridized carbons (Fsp3) is 0.280. The van der Waals surface area contributed by atoms with E-state index in [1.807, 2.05) is 30.3 Å². The largest absolute Gasteiger partial charge is 0.491 e. The third kappa shape index (κ3) is 6.42. The molecule has 1 aromatic heterocycles. The minimum absolute atomic E-state index is 0.00436. The predicted molar refractivity (Wildman–Crippen MR) is 125 cm³/mol. The van der Waals surface area contributed by atoms with Gasteiger partial charge in [0.05, 0.1) is 19.3 Å². The molecular weight excluding hydrogens is 512 g/mol. The highest BCUT2D eigenvalue weighted by molar-refractivity contribution is 5.95. The molecule has 2 aromatic carbocycles. The third-order valence-electron chi connectivity index (χ3n) is 5.60. The number of carbonyl (C=O) groups is 2. The number of hydrogen-bond donors (Lipinski definition) is 2. The van der Waals surface area contributed by atoms with Crippen molar-refractivity contribution < 1.29 is 36.6 Å². The van der Waals surface area contributed by atoms with Crippen LogP contribution in [0.15, 0.2) is 59.4 Å². The van der Waals surface area contributed by atoms with Gasteiger partial charge in [-0.1, -0.05) is 42.5 Å². The van der Waals surface area contributed by atoms with Crippen LogP contribution in [-0.2, 0) is 29.2 Å². The molecule has 0 saturated heterocycles. The lowest BCUT2D eigenvalue weighted by atomic mass is 10.2. The van der Waals surface area contributed by atoms with Gasteiger partial charge in [-0.05, 0) is 23.3 Å². The Bertz CT molecular complexity index is 1360. The average molecular weight is 534 g/mol. The van der Waals surface area contributed by atoms with Crippen LogP contribution in [0.4, 0.5) is 17.6 Å². The summed E-state index contributed by atoms with van der Waals surface area (Å²) < 4.78 is 63.0. The molecule has 2 heterocycles.